The Balaban J connectivity index is 3.03. The fraction of sp³-hybridized carbons (Fsp3) is 0.400. The van der Waals surface area contributed by atoms with E-state index in [4.69, 9.17) is 4.74 Å². The molecule has 0 unspecified atom stereocenters. The Kier molecular flexibility index (Phi) is 3.75. The van der Waals surface area contributed by atoms with Crippen molar-refractivity contribution in [2.75, 3.05) is 6.61 Å². The van der Waals surface area contributed by atoms with E-state index >= 15 is 0 Å². The summed E-state index contributed by atoms with van der Waals surface area (Å²) in [6, 6.07) is 5.63. The number of halogens is 1. The number of aliphatic hydroxyl groups excluding tert-OH is 1. The van der Waals surface area contributed by atoms with Crippen molar-refractivity contribution in [3.63, 3.8) is 0 Å². The lowest BCUT2D eigenvalue weighted by atomic mass is 10.1. The highest BCUT2D eigenvalue weighted by Gasteiger charge is 2.08. The zero-order valence-corrected chi connectivity index (χ0v) is 9.34. The van der Waals surface area contributed by atoms with Gasteiger partial charge in [-0.05, 0) is 32.0 Å². The maximum Gasteiger partial charge on any atom is 0.125 e. The smallest absolute Gasteiger partial charge is 0.125 e. The van der Waals surface area contributed by atoms with Crippen LogP contribution in [-0.4, -0.2) is 11.7 Å². The minimum atomic E-state index is -0.501. The third-order valence-corrected chi connectivity index (χ3v) is 2.22. The fourth-order valence-electron chi connectivity index (χ4n) is 1.13. The van der Waals surface area contributed by atoms with E-state index in [1.54, 1.807) is 6.92 Å². The summed E-state index contributed by atoms with van der Waals surface area (Å²) in [6.45, 7) is 4.26. The van der Waals surface area contributed by atoms with Crippen LogP contribution in [0.4, 0.5) is 0 Å². The third kappa shape index (κ3) is 2.71. The molecule has 0 spiro atoms. The first-order chi connectivity index (χ1) is 6.15. The Morgan fingerprint density at radius 2 is 2.23 bits per heavy atom. The summed E-state index contributed by atoms with van der Waals surface area (Å²) in [5.74, 6) is 0.751. The van der Waals surface area contributed by atoms with Gasteiger partial charge in [0.15, 0.2) is 0 Å². The normalized spacial score (nSPS) is 12.6. The lowest BCUT2D eigenvalue weighted by Gasteiger charge is -2.12. The molecule has 0 radical (unpaired) electrons. The Bertz CT molecular complexity index is 284. The van der Waals surface area contributed by atoms with Gasteiger partial charge < -0.3 is 9.84 Å². The lowest BCUT2D eigenvalue weighted by Crippen LogP contribution is -1.99. The quantitative estimate of drug-likeness (QED) is 0.887. The fourth-order valence-corrected chi connectivity index (χ4v) is 1.51. The first-order valence-corrected chi connectivity index (χ1v) is 5.04. The third-order valence-electron chi connectivity index (χ3n) is 1.72. The molecule has 1 rings (SSSR count). The molecule has 1 atom stereocenters. The molecular weight excluding hydrogens is 232 g/mol. The van der Waals surface area contributed by atoms with E-state index < -0.39 is 6.10 Å². The molecule has 0 saturated carbocycles. The summed E-state index contributed by atoms with van der Waals surface area (Å²) in [5, 5.41) is 9.45. The monoisotopic (exact) mass is 244 g/mol. The van der Waals surface area contributed by atoms with E-state index in [2.05, 4.69) is 15.9 Å². The minimum absolute atomic E-state index is 0.501. The molecule has 0 amide bonds. The van der Waals surface area contributed by atoms with Crippen LogP contribution in [0.25, 0.3) is 0 Å². The second kappa shape index (κ2) is 4.63. The number of hydrogen-bond donors (Lipinski definition) is 1. The maximum absolute atomic E-state index is 9.45. The van der Waals surface area contributed by atoms with Gasteiger partial charge in [-0.15, -0.1) is 0 Å². The molecule has 0 aliphatic carbocycles. The second-order valence-corrected chi connectivity index (χ2v) is 3.71. The number of hydrogen-bond acceptors (Lipinski definition) is 2. The van der Waals surface area contributed by atoms with E-state index in [0.717, 1.165) is 15.8 Å². The van der Waals surface area contributed by atoms with Gasteiger partial charge in [-0.2, -0.15) is 0 Å². The summed E-state index contributed by atoms with van der Waals surface area (Å²) >= 11 is 3.35. The van der Waals surface area contributed by atoms with Crippen molar-refractivity contribution in [3.05, 3.63) is 28.2 Å². The number of rotatable bonds is 3. The van der Waals surface area contributed by atoms with Crippen LogP contribution in [-0.2, 0) is 0 Å². The van der Waals surface area contributed by atoms with Crippen LogP contribution in [0.1, 0.15) is 25.5 Å². The highest BCUT2D eigenvalue weighted by Crippen LogP contribution is 2.28. The summed E-state index contributed by atoms with van der Waals surface area (Å²) in [5.41, 5.74) is 0.816. The Morgan fingerprint density at radius 1 is 1.54 bits per heavy atom. The molecule has 13 heavy (non-hydrogen) atoms. The van der Waals surface area contributed by atoms with E-state index in [9.17, 15) is 5.11 Å². The van der Waals surface area contributed by atoms with Gasteiger partial charge in [0, 0.05) is 10.0 Å². The summed E-state index contributed by atoms with van der Waals surface area (Å²) in [6.07, 6.45) is -0.501. The van der Waals surface area contributed by atoms with Gasteiger partial charge >= 0.3 is 0 Å². The molecular formula is C10H13BrO2. The average molecular weight is 245 g/mol. The minimum Gasteiger partial charge on any atom is -0.493 e. The number of aliphatic hydroxyl groups is 1. The van der Waals surface area contributed by atoms with Crippen molar-refractivity contribution in [3.8, 4) is 5.75 Å². The van der Waals surface area contributed by atoms with Crippen molar-refractivity contribution < 1.29 is 9.84 Å². The van der Waals surface area contributed by atoms with E-state index in [0.29, 0.717) is 6.61 Å². The molecule has 0 heterocycles. The molecule has 2 nitrogen and oxygen atoms in total. The van der Waals surface area contributed by atoms with Gasteiger partial charge in [-0.1, -0.05) is 15.9 Å². The Hall–Kier alpha value is -0.540. The second-order valence-electron chi connectivity index (χ2n) is 2.79. The summed E-state index contributed by atoms with van der Waals surface area (Å²) in [4.78, 5) is 0. The van der Waals surface area contributed by atoms with Crippen LogP contribution < -0.4 is 4.74 Å². The molecule has 0 aliphatic rings. The summed E-state index contributed by atoms with van der Waals surface area (Å²) < 4.78 is 6.32. The van der Waals surface area contributed by atoms with Gasteiger partial charge in [0.1, 0.15) is 5.75 Å². The number of ether oxygens (including phenoxy) is 1. The van der Waals surface area contributed by atoms with Crippen LogP contribution in [0, 0.1) is 0 Å². The highest BCUT2D eigenvalue weighted by molar-refractivity contribution is 9.10. The molecule has 0 aliphatic heterocycles. The first-order valence-electron chi connectivity index (χ1n) is 4.25. The van der Waals surface area contributed by atoms with Crippen LogP contribution in [0.15, 0.2) is 22.7 Å². The molecule has 0 fully saturated rings. The van der Waals surface area contributed by atoms with E-state index in [-0.39, 0.29) is 0 Å². The largest absolute Gasteiger partial charge is 0.493 e. The molecule has 0 saturated heterocycles. The SMILES string of the molecule is CCOc1ccc(Br)cc1[C@@H](C)O. The van der Waals surface area contributed by atoms with E-state index in [1.807, 2.05) is 25.1 Å². The topological polar surface area (TPSA) is 29.5 Å². The standard InChI is InChI=1S/C10H13BrO2/c1-3-13-10-5-4-8(11)6-9(10)7(2)12/h4-7,12H,3H2,1-2H3/t7-/m1/s1. The van der Waals surface area contributed by atoms with E-state index in [1.165, 1.54) is 0 Å². The predicted octanol–water partition coefficient (Wildman–Crippen LogP) is 2.90. The molecule has 3 heteroatoms. The average Bonchev–Trinajstić information content (AvgIpc) is 2.08. The first kappa shape index (κ1) is 10.5. The van der Waals surface area contributed by atoms with Gasteiger partial charge in [-0.25, -0.2) is 0 Å². The van der Waals surface area contributed by atoms with Crippen molar-refractivity contribution >= 4 is 15.9 Å². The van der Waals surface area contributed by atoms with Crippen LogP contribution in [0.5, 0.6) is 5.75 Å². The van der Waals surface area contributed by atoms with Crippen molar-refractivity contribution in [1.29, 1.82) is 0 Å². The molecule has 1 aromatic rings. The Labute approximate surface area is 86.7 Å². The number of benzene rings is 1. The molecule has 72 valence electrons. The summed E-state index contributed by atoms with van der Waals surface area (Å²) in [7, 11) is 0. The van der Waals surface area contributed by atoms with Crippen LogP contribution in [0.2, 0.25) is 0 Å². The highest BCUT2D eigenvalue weighted by atomic mass is 79.9. The van der Waals surface area contributed by atoms with Gasteiger partial charge in [0.05, 0.1) is 12.7 Å². The molecule has 1 aromatic carbocycles. The van der Waals surface area contributed by atoms with Gasteiger partial charge in [-0.3, -0.25) is 0 Å². The van der Waals surface area contributed by atoms with Crippen molar-refractivity contribution in [2.24, 2.45) is 0 Å². The van der Waals surface area contributed by atoms with Crippen molar-refractivity contribution in [1.82, 2.24) is 0 Å². The Morgan fingerprint density at radius 3 is 2.77 bits per heavy atom. The lowest BCUT2D eigenvalue weighted by molar-refractivity contribution is 0.192. The van der Waals surface area contributed by atoms with Crippen molar-refractivity contribution in [2.45, 2.75) is 20.0 Å². The van der Waals surface area contributed by atoms with Gasteiger partial charge in [0.25, 0.3) is 0 Å². The zero-order chi connectivity index (χ0) is 9.84. The van der Waals surface area contributed by atoms with Crippen LogP contribution >= 0.6 is 15.9 Å². The molecule has 1 N–H and O–H groups in total. The predicted molar refractivity (Wildman–Crippen MR) is 55.9 cm³/mol. The molecule has 0 aromatic heterocycles. The van der Waals surface area contributed by atoms with Crippen LogP contribution in [0.3, 0.4) is 0 Å². The maximum atomic E-state index is 9.45. The zero-order valence-electron chi connectivity index (χ0n) is 7.75. The molecule has 0 bridgehead atoms. The van der Waals surface area contributed by atoms with Gasteiger partial charge in [0.2, 0.25) is 0 Å².